The number of nitrogens with zero attached hydrogens (tertiary/aromatic N) is 1. The number of anilines is 1. The molecule has 2 nitrogen and oxygen atoms in total. The van der Waals surface area contributed by atoms with Crippen LogP contribution < -0.4 is 4.90 Å². The van der Waals surface area contributed by atoms with Gasteiger partial charge >= 0.3 is 0 Å². The monoisotopic (exact) mass is 247 g/mol. The maximum atomic E-state index is 11.2. The summed E-state index contributed by atoms with van der Waals surface area (Å²) < 4.78 is 0. The summed E-state index contributed by atoms with van der Waals surface area (Å²) in [6.45, 7) is 0.572. The second kappa shape index (κ2) is 4.68. The summed E-state index contributed by atoms with van der Waals surface area (Å²) >= 11 is 0. The van der Waals surface area contributed by atoms with E-state index in [1.807, 2.05) is 30.3 Å². The quantitative estimate of drug-likeness (QED) is 0.687. The van der Waals surface area contributed by atoms with Crippen LogP contribution in [0.15, 0.2) is 36.4 Å². The average Bonchev–Trinajstić information content (AvgIpc) is 2.53. The van der Waals surface area contributed by atoms with E-state index in [0.29, 0.717) is 6.54 Å². The number of amides is 1. The fraction of sp³-hybridized carbons (Fsp3) is 0.100. The fourth-order valence-electron chi connectivity index (χ4n) is 1.21. The third-order valence-corrected chi connectivity index (χ3v) is 1.81. The van der Waals surface area contributed by atoms with Gasteiger partial charge in [-0.2, -0.15) is 6.08 Å². The van der Waals surface area contributed by atoms with Crippen molar-refractivity contribution in [2.45, 2.75) is 0 Å². The van der Waals surface area contributed by atoms with Gasteiger partial charge in [0.2, 0.25) is 0 Å². The van der Waals surface area contributed by atoms with Gasteiger partial charge in [0.15, 0.2) is 0 Å². The number of benzene rings is 1. The Morgan fingerprint density at radius 2 is 1.92 bits per heavy atom. The first-order valence-electron chi connectivity index (χ1n) is 3.81. The van der Waals surface area contributed by atoms with Gasteiger partial charge in [0.05, 0.1) is 5.91 Å². The van der Waals surface area contributed by atoms with Crippen molar-refractivity contribution < 1.29 is 37.5 Å². The molecule has 0 aliphatic carbocycles. The molecule has 0 spiro atoms. The largest absolute Gasteiger partial charge is 0.401 e. The maximum Gasteiger partial charge on any atom is 0.0904 e. The molecule has 3 heteroatoms. The molecule has 13 heavy (non-hydrogen) atoms. The van der Waals surface area contributed by atoms with Crippen LogP contribution in [0.5, 0.6) is 0 Å². The normalized spacial score (nSPS) is 14.5. The molecule has 63 valence electrons. The molecule has 1 aliphatic rings. The van der Waals surface area contributed by atoms with Crippen LogP contribution in [0.4, 0.5) is 5.69 Å². The molecule has 1 aromatic carbocycles. The fourth-order valence-corrected chi connectivity index (χ4v) is 1.21. The first-order valence-corrected chi connectivity index (χ1v) is 3.81. The predicted molar refractivity (Wildman–Crippen MR) is 46.6 cm³/mol. The number of carbonyl (C=O) groups excluding carboxylic acids is 1. The van der Waals surface area contributed by atoms with Crippen molar-refractivity contribution in [1.29, 1.82) is 0 Å². The molecular weight excluding hydrogens is 239 g/mol. The molecule has 1 aliphatic heterocycles. The van der Waals surface area contributed by atoms with Crippen LogP contribution >= 0.6 is 0 Å². The summed E-state index contributed by atoms with van der Waals surface area (Å²) in [4.78, 5) is 12.9. The molecule has 0 unspecified atom stereocenters. The molecule has 2 rings (SSSR count). The number of hydrogen-bond acceptors (Lipinski definition) is 1. The number of para-hydroxylation sites is 1. The van der Waals surface area contributed by atoms with E-state index >= 15 is 0 Å². The van der Waals surface area contributed by atoms with Crippen LogP contribution in [0.25, 0.3) is 0 Å². The minimum atomic E-state index is 0. The summed E-state index contributed by atoms with van der Waals surface area (Å²) in [5.41, 5.74) is 0.934. The number of hydrogen-bond donors (Lipinski definition) is 0. The molecule has 0 bridgehead atoms. The smallest absolute Gasteiger partial charge is 0.0904 e. The molecule has 0 saturated carbocycles. The van der Waals surface area contributed by atoms with Gasteiger partial charge in [0.25, 0.3) is 0 Å². The first-order chi connectivity index (χ1) is 5.88. The van der Waals surface area contributed by atoms with Gasteiger partial charge in [0, 0.05) is 38.4 Å². The Kier molecular flexibility index (Phi) is 3.82. The van der Waals surface area contributed by atoms with Crippen molar-refractivity contribution in [3.63, 3.8) is 0 Å². The maximum absolute atomic E-state index is 11.2. The standard InChI is InChI=1S/C10H8NO.Y/c12-10-7-4-8-11(10)9-5-2-1-3-6-9;/h1-3,5-7H,8H2;/q-1;. The zero-order valence-electron chi connectivity index (χ0n) is 7.10. The second-order valence-electron chi connectivity index (χ2n) is 2.61. The molecule has 0 fully saturated rings. The van der Waals surface area contributed by atoms with E-state index in [9.17, 15) is 4.79 Å². The molecule has 1 heterocycles. The van der Waals surface area contributed by atoms with E-state index in [1.165, 1.54) is 6.08 Å². The van der Waals surface area contributed by atoms with Gasteiger partial charge < -0.3 is 9.69 Å². The molecule has 0 atom stereocenters. The van der Waals surface area contributed by atoms with E-state index in [4.69, 9.17) is 0 Å². The summed E-state index contributed by atoms with van der Waals surface area (Å²) in [7, 11) is 0. The van der Waals surface area contributed by atoms with Crippen LogP contribution in [-0.2, 0) is 37.5 Å². The zero-order valence-corrected chi connectivity index (χ0v) is 9.94. The second-order valence-corrected chi connectivity index (χ2v) is 2.61. The van der Waals surface area contributed by atoms with E-state index in [1.54, 1.807) is 4.90 Å². The van der Waals surface area contributed by atoms with Gasteiger partial charge in [-0.05, 0) is 18.7 Å². The molecule has 1 amide bonds. The van der Waals surface area contributed by atoms with Crippen LogP contribution in [-0.4, -0.2) is 12.5 Å². The Morgan fingerprint density at radius 1 is 1.23 bits per heavy atom. The topological polar surface area (TPSA) is 20.3 Å². The van der Waals surface area contributed by atoms with E-state index in [-0.39, 0.29) is 38.6 Å². The van der Waals surface area contributed by atoms with E-state index in [0.717, 1.165) is 5.69 Å². The van der Waals surface area contributed by atoms with Gasteiger partial charge in [-0.25, -0.2) is 0 Å². The number of rotatable bonds is 1. The van der Waals surface area contributed by atoms with Gasteiger partial charge in [0.1, 0.15) is 0 Å². The molecule has 0 N–H and O–H groups in total. The molecule has 0 saturated heterocycles. The Hall–Kier alpha value is -0.466. The summed E-state index contributed by atoms with van der Waals surface area (Å²) in [5.74, 6) is 0.0150. The van der Waals surface area contributed by atoms with Gasteiger partial charge in [-0.1, -0.05) is 18.2 Å². The van der Waals surface area contributed by atoms with Crippen LogP contribution in [0, 0.1) is 6.08 Å². The number of carbonyl (C=O) groups is 1. The molecular formula is C10H8NOY-. The third kappa shape index (κ3) is 2.26. The third-order valence-electron chi connectivity index (χ3n) is 1.81. The zero-order chi connectivity index (χ0) is 8.39. The molecule has 1 radical (unpaired) electrons. The van der Waals surface area contributed by atoms with Gasteiger partial charge in [-0.15, -0.1) is 0 Å². The minimum absolute atomic E-state index is 0. The van der Waals surface area contributed by atoms with E-state index in [2.05, 4.69) is 6.08 Å². The Labute approximate surface area is 103 Å². The Balaban J connectivity index is 0.000000845. The summed E-state index contributed by atoms with van der Waals surface area (Å²) in [5, 5.41) is 0. The molecule has 1 aromatic rings. The van der Waals surface area contributed by atoms with Crippen molar-refractivity contribution in [2.75, 3.05) is 11.4 Å². The minimum Gasteiger partial charge on any atom is -0.401 e. The van der Waals surface area contributed by atoms with Gasteiger partial charge in [-0.3, -0.25) is 6.08 Å². The van der Waals surface area contributed by atoms with Crippen LogP contribution in [0.3, 0.4) is 0 Å². The van der Waals surface area contributed by atoms with Crippen molar-refractivity contribution >= 4 is 11.6 Å². The SMILES string of the molecule is O=C1C=[C-]CN1c1ccccc1.[Y]. The van der Waals surface area contributed by atoms with Crippen molar-refractivity contribution in [3.05, 3.63) is 42.5 Å². The average molecular weight is 247 g/mol. The van der Waals surface area contributed by atoms with Crippen LogP contribution in [0.1, 0.15) is 0 Å². The summed E-state index contributed by atoms with van der Waals surface area (Å²) in [6, 6.07) is 9.60. The van der Waals surface area contributed by atoms with Crippen LogP contribution in [0.2, 0.25) is 0 Å². The first kappa shape index (κ1) is 10.6. The van der Waals surface area contributed by atoms with Crippen molar-refractivity contribution in [2.24, 2.45) is 0 Å². The Bertz CT molecular complexity index is 321. The predicted octanol–water partition coefficient (Wildman–Crippen LogP) is 1.39. The van der Waals surface area contributed by atoms with Crippen molar-refractivity contribution in [1.82, 2.24) is 0 Å². The summed E-state index contributed by atoms with van der Waals surface area (Å²) in [6.07, 6.45) is 4.35. The van der Waals surface area contributed by atoms with Crippen molar-refractivity contribution in [3.8, 4) is 0 Å². The Morgan fingerprint density at radius 3 is 2.46 bits per heavy atom. The molecule has 0 aromatic heterocycles. The van der Waals surface area contributed by atoms with E-state index < -0.39 is 0 Å².